The predicted molar refractivity (Wildman–Crippen MR) is 80.6 cm³/mol. The van der Waals surface area contributed by atoms with Crippen molar-refractivity contribution in [2.45, 2.75) is 89.6 Å². The lowest BCUT2D eigenvalue weighted by Crippen LogP contribution is -2.36. The molecule has 0 aliphatic carbocycles. The van der Waals surface area contributed by atoms with Crippen LogP contribution in [-0.2, 0) is 19.1 Å². The first-order valence-corrected chi connectivity index (χ1v) is 8.32. The minimum Gasteiger partial charge on any atom is -0.479 e. The Balaban J connectivity index is 2.08. The molecule has 1 saturated heterocycles. The van der Waals surface area contributed by atoms with Gasteiger partial charge in [-0.25, -0.2) is 9.59 Å². The number of carbonyl (C=O) groups is 2. The highest BCUT2D eigenvalue weighted by Crippen LogP contribution is 2.24. The van der Waals surface area contributed by atoms with Crippen LogP contribution in [0.1, 0.15) is 71.1 Å². The van der Waals surface area contributed by atoms with Crippen LogP contribution in [0.5, 0.6) is 0 Å². The van der Waals surface area contributed by atoms with Gasteiger partial charge in [-0.1, -0.05) is 58.3 Å². The zero-order chi connectivity index (χ0) is 16.4. The number of ether oxygens (including phenoxy) is 2. The van der Waals surface area contributed by atoms with Crippen molar-refractivity contribution in [2.75, 3.05) is 0 Å². The van der Waals surface area contributed by atoms with Gasteiger partial charge in [-0.15, -0.1) is 0 Å². The number of unbranched alkanes of at least 4 members (excludes halogenated alkanes) is 8. The Morgan fingerprint density at radius 2 is 1.18 bits per heavy atom. The van der Waals surface area contributed by atoms with Crippen LogP contribution in [0.4, 0.5) is 0 Å². The van der Waals surface area contributed by atoms with Gasteiger partial charge in [-0.05, 0) is 12.8 Å². The van der Waals surface area contributed by atoms with Crippen LogP contribution >= 0.6 is 0 Å². The van der Waals surface area contributed by atoms with Gasteiger partial charge in [0.1, 0.15) is 0 Å². The molecule has 1 fully saturated rings. The lowest BCUT2D eigenvalue weighted by molar-refractivity contribution is -0.156. The summed E-state index contributed by atoms with van der Waals surface area (Å²) < 4.78 is 10.3. The zero-order valence-electron chi connectivity index (χ0n) is 13.3. The second-order valence-electron chi connectivity index (χ2n) is 5.84. The van der Waals surface area contributed by atoms with Crippen LogP contribution < -0.4 is 0 Å². The molecule has 0 amide bonds. The first-order valence-electron chi connectivity index (χ1n) is 8.32. The average molecular weight is 316 g/mol. The number of rotatable bonds is 12. The van der Waals surface area contributed by atoms with Gasteiger partial charge in [0.15, 0.2) is 18.5 Å². The highest BCUT2D eigenvalue weighted by molar-refractivity contribution is 5.84. The topological polar surface area (TPSA) is 93.1 Å². The van der Waals surface area contributed by atoms with E-state index in [0.29, 0.717) is 6.42 Å². The molecule has 1 rings (SSSR count). The van der Waals surface area contributed by atoms with E-state index in [-0.39, 0.29) is 0 Å². The number of carboxylic acids is 2. The number of hydrogen-bond donors (Lipinski definition) is 2. The number of hydrogen-bond acceptors (Lipinski definition) is 4. The Kier molecular flexibility index (Phi) is 9.08. The van der Waals surface area contributed by atoms with Crippen molar-refractivity contribution in [1.82, 2.24) is 0 Å². The van der Waals surface area contributed by atoms with Crippen molar-refractivity contribution in [1.29, 1.82) is 0 Å². The molecular weight excluding hydrogens is 288 g/mol. The summed E-state index contributed by atoms with van der Waals surface area (Å²) in [6, 6.07) is 0. The van der Waals surface area contributed by atoms with Crippen LogP contribution in [0.25, 0.3) is 0 Å². The van der Waals surface area contributed by atoms with Gasteiger partial charge in [0, 0.05) is 0 Å². The molecule has 0 saturated carbocycles. The van der Waals surface area contributed by atoms with Gasteiger partial charge >= 0.3 is 11.9 Å². The Morgan fingerprint density at radius 3 is 1.59 bits per heavy atom. The maximum Gasteiger partial charge on any atom is 0.336 e. The largest absolute Gasteiger partial charge is 0.479 e. The monoisotopic (exact) mass is 316 g/mol. The Labute approximate surface area is 131 Å². The van der Waals surface area contributed by atoms with Crippen LogP contribution in [0.2, 0.25) is 0 Å². The predicted octanol–water partition coefficient (Wildman–Crippen LogP) is 3.19. The molecule has 0 aromatic carbocycles. The van der Waals surface area contributed by atoms with E-state index in [1.165, 1.54) is 38.5 Å². The fourth-order valence-electron chi connectivity index (χ4n) is 2.63. The molecule has 6 heteroatoms. The minimum absolute atomic E-state index is 0.545. The van der Waals surface area contributed by atoms with Gasteiger partial charge in [-0.2, -0.15) is 0 Å². The van der Waals surface area contributed by atoms with E-state index in [0.717, 1.165) is 19.3 Å². The molecule has 22 heavy (non-hydrogen) atoms. The third-order valence-corrected chi connectivity index (χ3v) is 3.90. The van der Waals surface area contributed by atoms with Crippen molar-refractivity contribution in [3.05, 3.63) is 0 Å². The molecule has 0 unspecified atom stereocenters. The Morgan fingerprint density at radius 1 is 0.773 bits per heavy atom. The summed E-state index contributed by atoms with van der Waals surface area (Å²) in [4.78, 5) is 21.8. The molecular formula is C16H28O6. The lowest BCUT2D eigenvalue weighted by atomic mass is 10.1. The zero-order valence-corrected chi connectivity index (χ0v) is 13.3. The van der Waals surface area contributed by atoms with Crippen LogP contribution in [0.15, 0.2) is 0 Å². The molecule has 0 aromatic heterocycles. The Bertz CT molecular complexity index is 322. The van der Waals surface area contributed by atoms with Gasteiger partial charge in [0.2, 0.25) is 0 Å². The van der Waals surface area contributed by atoms with E-state index in [1.807, 2.05) is 0 Å². The molecule has 0 spiro atoms. The van der Waals surface area contributed by atoms with Crippen molar-refractivity contribution in [2.24, 2.45) is 0 Å². The molecule has 0 radical (unpaired) electrons. The fourth-order valence-corrected chi connectivity index (χ4v) is 2.63. The van der Waals surface area contributed by atoms with Crippen LogP contribution in [-0.4, -0.2) is 40.6 Å². The summed E-state index contributed by atoms with van der Waals surface area (Å²) in [7, 11) is 0. The first-order chi connectivity index (χ1) is 10.6. The van der Waals surface area contributed by atoms with Crippen molar-refractivity contribution >= 4 is 11.9 Å². The second-order valence-corrected chi connectivity index (χ2v) is 5.84. The van der Waals surface area contributed by atoms with E-state index in [1.54, 1.807) is 0 Å². The van der Waals surface area contributed by atoms with E-state index in [2.05, 4.69) is 6.92 Å². The number of carboxylic acid groups (broad SMARTS) is 2. The third kappa shape index (κ3) is 6.75. The first kappa shape index (κ1) is 18.9. The van der Waals surface area contributed by atoms with Crippen LogP contribution in [0, 0.1) is 0 Å². The molecule has 0 bridgehead atoms. The quantitative estimate of drug-likeness (QED) is 0.537. The molecule has 128 valence electrons. The summed E-state index contributed by atoms with van der Waals surface area (Å²) in [5, 5.41) is 17.8. The average Bonchev–Trinajstić information content (AvgIpc) is 2.90. The molecule has 2 atom stereocenters. The smallest absolute Gasteiger partial charge is 0.336 e. The molecule has 2 N–H and O–H groups in total. The highest BCUT2D eigenvalue weighted by Gasteiger charge is 2.45. The SMILES string of the molecule is CCCCCCCCCCCC1O[C@H](C(=O)O)[C@@H](C(=O)O)O1. The van der Waals surface area contributed by atoms with Crippen molar-refractivity contribution in [3.8, 4) is 0 Å². The minimum atomic E-state index is -1.40. The Hall–Kier alpha value is -1.14. The molecule has 6 nitrogen and oxygen atoms in total. The third-order valence-electron chi connectivity index (χ3n) is 3.90. The molecule has 1 aliphatic rings. The fraction of sp³-hybridized carbons (Fsp3) is 0.875. The van der Waals surface area contributed by atoms with Crippen molar-refractivity contribution < 1.29 is 29.3 Å². The van der Waals surface area contributed by atoms with Gasteiger partial charge in [0.05, 0.1) is 0 Å². The summed E-state index contributed by atoms with van der Waals surface area (Å²) in [5.74, 6) is -2.58. The van der Waals surface area contributed by atoms with Gasteiger partial charge < -0.3 is 19.7 Å². The summed E-state index contributed by atoms with van der Waals surface area (Å²) >= 11 is 0. The maximum atomic E-state index is 10.9. The van der Waals surface area contributed by atoms with Gasteiger partial charge in [0.25, 0.3) is 0 Å². The van der Waals surface area contributed by atoms with Crippen LogP contribution in [0.3, 0.4) is 0 Å². The standard InChI is InChI=1S/C16H28O6/c1-2-3-4-5-6-7-8-9-10-11-12-21-13(15(17)18)14(22-12)16(19)20/h12-14H,2-11H2,1H3,(H,17,18)(H,19,20)/t13-,14-/m0/s1. The van der Waals surface area contributed by atoms with E-state index in [9.17, 15) is 9.59 Å². The summed E-state index contributed by atoms with van der Waals surface area (Å²) in [5.41, 5.74) is 0. The van der Waals surface area contributed by atoms with Crippen molar-refractivity contribution in [3.63, 3.8) is 0 Å². The second kappa shape index (κ2) is 10.6. The highest BCUT2D eigenvalue weighted by atomic mass is 16.7. The van der Waals surface area contributed by atoms with E-state index < -0.39 is 30.4 Å². The summed E-state index contributed by atoms with van der Waals surface area (Å²) in [6.45, 7) is 2.21. The van der Waals surface area contributed by atoms with E-state index >= 15 is 0 Å². The maximum absolute atomic E-state index is 10.9. The molecule has 1 aliphatic heterocycles. The van der Waals surface area contributed by atoms with E-state index in [4.69, 9.17) is 19.7 Å². The molecule has 1 heterocycles. The molecule has 0 aromatic rings. The lowest BCUT2D eigenvalue weighted by Gasteiger charge is -2.09. The normalized spacial score (nSPS) is 22.0. The van der Waals surface area contributed by atoms with Gasteiger partial charge in [-0.3, -0.25) is 0 Å². The number of aliphatic carboxylic acids is 2. The summed E-state index contributed by atoms with van der Waals surface area (Å²) in [6.07, 6.45) is 7.72.